The summed E-state index contributed by atoms with van der Waals surface area (Å²) in [5.41, 5.74) is 4.21. The van der Waals surface area contributed by atoms with Crippen molar-refractivity contribution in [3.8, 4) is 5.75 Å². The molecule has 7 rings (SSSR count). The number of rotatable bonds is 9. The largest absolute Gasteiger partial charge is 0.507 e. The average Bonchev–Trinajstić information content (AvgIpc) is 3.38. The highest BCUT2D eigenvalue weighted by molar-refractivity contribution is 5.91. The number of carbonyl (C=O) groups excluding carboxylic acids is 4. The van der Waals surface area contributed by atoms with Gasteiger partial charge in [0.15, 0.2) is 6.10 Å². The summed E-state index contributed by atoms with van der Waals surface area (Å²) in [4.78, 5) is 61.2. The van der Waals surface area contributed by atoms with Crippen molar-refractivity contribution < 1.29 is 33.8 Å². The molecule has 4 heterocycles. The van der Waals surface area contributed by atoms with E-state index in [4.69, 9.17) is 9.47 Å². The Balaban J connectivity index is 0.920. The summed E-state index contributed by atoms with van der Waals surface area (Å²) >= 11 is 0. The van der Waals surface area contributed by atoms with Crippen LogP contribution in [0.25, 0.3) is 0 Å². The van der Waals surface area contributed by atoms with E-state index in [1.807, 2.05) is 78.3 Å². The molecule has 0 bridgehead atoms. The first kappa shape index (κ1) is 39.4. The van der Waals surface area contributed by atoms with Gasteiger partial charge in [0, 0.05) is 50.9 Å². The summed E-state index contributed by atoms with van der Waals surface area (Å²) in [5, 5.41) is 13.5. The molecule has 12 heteroatoms. The number of aryl methyl sites for hydroxylation is 2. The fraction of sp³-hybridized carbons (Fsp3) is 0.545. The van der Waals surface area contributed by atoms with Gasteiger partial charge < -0.3 is 34.6 Å². The molecule has 0 spiro atoms. The van der Waals surface area contributed by atoms with Crippen LogP contribution in [-0.2, 0) is 31.9 Å². The van der Waals surface area contributed by atoms with E-state index in [1.54, 1.807) is 4.90 Å². The lowest BCUT2D eigenvalue weighted by Gasteiger charge is -2.41. The van der Waals surface area contributed by atoms with Gasteiger partial charge in [-0.25, -0.2) is 9.59 Å². The number of urea groups is 1. The van der Waals surface area contributed by atoms with Crippen LogP contribution in [-0.4, -0.2) is 113 Å². The molecule has 300 valence electrons. The van der Waals surface area contributed by atoms with Crippen molar-refractivity contribution in [2.45, 2.75) is 90.2 Å². The van der Waals surface area contributed by atoms with E-state index >= 15 is 0 Å². The Hall–Kier alpha value is -4.84. The summed E-state index contributed by atoms with van der Waals surface area (Å²) in [6.07, 6.45) is 12.3. The van der Waals surface area contributed by atoms with Crippen molar-refractivity contribution in [1.82, 2.24) is 19.6 Å². The minimum atomic E-state index is -1.00. The van der Waals surface area contributed by atoms with Crippen molar-refractivity contribution in [3.63, 3.8) is 0 Å². The Morgan fingerprint density at radius 3 is 2.20 bits per heavy atom. The zero-order chi connectivity index (χ0) is 39.2. The lowest BCUT2D eigenvalue weighted by atomic mass is 9.78. The van der Waals surface area contributed by atoms with Gasteiger partial charge in [-0.3, -0.25) is 14.5 Å². The van der Waals surface area contributed by atoms with E-state index in [-0.39, 0.29) is 36.1 Å². The molecule has 1 atom stereocenters. The molecular formula is C44H57N5O7. The van der Waals surface area contributed by atoms with E-state index in [1.165, 1.54) is 0 Å². The lowest BCUT2D eigenvalue weighted by Crippen LogP contribution is -2.52. The second-order valence-electron chi connectivity index (χ2n) is 16.2. The number of allylic oxidation sites excluding steroid dienone is 3. The van der Waals surface area contributed by atoms with Gasteiger partial charge in [0.1, 0.15) is 11.5 Å². The number of phenols is 1. The van der Waals surface area contributed by atoms with Crippen LogP contribution in [0.5, 0.6) is 5.75 Å². The van der Waals surface area contributed by atoms with E-state index in [2.05, 4.69) is 10.2 Å². The number of nitrogens with zero attached hydrogens (tertiary/aromatic N) is 4. The molecule has 0 unspecified atom stereocenters. The highest BCUT2D eigenvalue weighted by Gasteiger charge is 2.37. The Morgan fingerprint density at radius 2 is 1.52 bits per heavy atom. The minimum absolute atomic E-state index is 0.000514. The van der Waals surface area contributed by atoms with Gasteiger partial charge in [-0.15, -0.1) is 0 Å². The number of carbonyl (C=O) groups is 4. The van der Waals surface area contributed by atoms with E-state index < -0.39 is 12.2 Å². The molecule has 0 saturated carbocycles. The maximum atomic E-state index is 14.2. The zero-order valence-corrected chi connectivity index (χ0v) is 32.9. The normalized spacial score (nSPS) is 20.8. The van der Waals surface area contributed by atoms with Crippen molar-refractivity contribution >= 4 is 29.7 Å². The number of para-hydroxylation sites is 1. The maximum absolute atomic E-state index is 14.2. The molecule has 56 heavy (non-hydrogen) atoms. The van der Waals surface area contributed by atoms with Crippen LogP contribution in [0, 0.1) is 25.7 Å². The maximum Gasteiger partial charge on any atom is 0.410 e. The van der Waals surface area contributed by atoms with Crippen LogP contribution in [0.3, 0.4) is 0 Å². The van der Waals surface area contributed by atoms with Gasteiger partial charge in [-0.1, -0.05) is 36.4 Å². The molecule has 4 amide bonds. The Morgan fingerprint density at radius 1 is 0.857 bits per heavy atom. The summed E-state index contributed by atoms with van der Waals surface area (Å²) in [6.45, 7) is 8.35. The van der Waals surface area contributed by atoms with E-state index in [9.17, 15) is 24.3 Å². The summed E-state index contributed by atoms with van der Waals surface area (Å²) < 4.78 is 11.7. The number of likely N-dealkylation sites (tertiary alicyclic amines) is 3. The Kier molecular flexibility index (Phi) is 12.6. The van der Waals surface area contributed by atoms with Crippen LogP contribution < -0.4 is 5.32 Å². The number of hydrogen-bond acceptors (Lipinski definition) is 8. The molecule has 0 radical (unpaired) electrons. The predicted molar refractivity (Wildman–Crippen MR) is 213 cm³/mol. The second kappa shape index (κ2) is 18.0. The monoisotopic (exact) mass is 767 g/mol. The summed E-state index contributed by atoms with van der Waals surface area (Å²) in [7, 11) is 0. The summed E-state index contributed by atoms with van der Waals surface area (Å²) in [5.74, 6) is 1.51. The fourth-order valence-corrected chi connectivity index (χ4v) is 9.24. The smallest absolute Gasteiger partial charge is 0.410 e. The molecule has 2 aromatic rings. The minimum Gasteiger partial charge on any atom is -0.507 e. The second-order valence-corrected chi connectivity index (χ2v) is 16.2. The average molecular weight is 768 g/mol. The molecule has 2 N–H and O–H groups in total. The van der Waals surface area contributed by atoms with Gasteiger partial charge >= 0.3 is 18.1 Å². The first-order valence-electron chi connectivity index (χ1n) is 20.6. The van der Waals surface area contributed by atoms with Crippen molar-refractivity contribution in [2.75, 3.05) is 57.7 Å². The van der Waals surface area contributed by atoms with Crippen LogP contribution in [0.4, 0.5) is 15.3 Å². The number of amides is 4. The number of anilines is 1. The first-order chi connectivity index (χ1) is 27.1. The third kappa shape index (κ3) is 9.57. The van der Waals surface area contributed by atoms with Gasteiger partial charge in [0.25, 0.3) is 5.91 Å². The standard InChI is InChI=1S/C44H57N5O7/c1-30-26-32(27-31(2)41(30)51)28-39(56-44(54)48-23-17-36(18-24-48)49-25-16-35-8-6-7-11-38(35)45-43(49)53)42(52)47-21-14-34(15-22-47)33-12-19-46(20-13-33)29-40(50)55-37-9-4-3-5-10-37/h4,6-11,26-27,33-34,36,39,51H,3,5,12-25,28-29H2,1-2H3,(H,45,53)/t39-/m1/s1. The number of piperidine rings is 3. The molecule has 1 aliphatic carbocycles. The third-order valence-corrected chi connectivity index (χ3v) is 12.5. The van der Waals surface area contributed by atoms with Crippen molar-refractivity contribution in [2.24, 2.45) is 11.8 Å². The molecule has 12 nitrogen and oxygen atoms in total. The third-order valence-electron chi connectivity index (χ3n) is 12.5. The Labute approximate surface area is 330 Å². The number of fused-ring (bicyclic) bond motifs is 1. The Bertz CT molecular complexity index is 1800. The van der Waals surface area contributed by atoms with Crippen LogP contribution in [0.2, 0.25) is 0 Å². The topological polar surface area (TPSA) is 132 Å². The van der Waals surface area contributed by atoms with Crippen molar-refractivity contribution in [1.29, 1.82) is 0 Å². The van der Waals surface area contributed by atoms with Gasteiger partial charge in [0.2, 0.25) is 0 Å². The van der Waals surface area contributed by atoms with Crippen LogP contribution in [0.1, 0.15) is 73.6 Å². The van der Waals surface area contributed by atoms with E-state index in [0.717, 1.165) is 74.8 Å². The SMILES string of the molecule is Cc1cc(C[C@@H](OC(=O)N2CCC(N3CCc4ccccc4NC3=O)CC2)C(=O)N2CCC(C3CCN(CC(=O)OC4=CCCC=C4)CC3)CC2)cc(C)c1O. The highest BCUT2D eigenvalue weighted by Crippen LogP contribution is 2.34. The van der Waals surface area contributed by atoms with Gasteiger partial charge in [0.05, 0.1) is 6.54 Å². The number of aromatic hydroxyl groups is 1. The number of hydrogen-bond donors (Lipinski definition) is 2. The lowest BCUT2D eigenvalue weighted by molar-refractivity contribution is -0.142. The number of phenolic OH excluding ortho intramolecular Hbond substituents is 1. The molecule has 0 aromatic heterocycles. The zero-order valence-electron chi connectivity index (χ0n) is 32.9. The first-order valence-corrected chi connectivity index (χ1v) is 20.6. The van der Waals surface area contributed by atoms with Crippen LogP contribution in [0.15, 0.2) is 60.4 Å². The number of esters is 1. The molecular weight excluding hydrogens is 711 g/mol. The number of nitrogens with one attached hydrogen (secondary N) is 1. The number of ether oxygens (including phenoxy) is 2. The van der Waals surface area contributed by atoms with Gasteiger partial charge in [-0.2, -0.15) is 0 Å². The highest BCUT2D eigenvalue weighted by atomic mass is 16.6. The molecule has 2 aromatic carbocycles. The van der Waals surface area contributed by atoms with Crippen LogP contribution >= 0.6 is 0 Å². The van der Waals surface area contributed by atoms with Gasteiger partial charge in [-0.05, 0) is 137 Å². The number of benzene rings is 2. The molecule has 4 aliphatic heterocycles. The van der Waals surface area contributed by atoms with Crippen molar-refractivity contribution in [3.05, 3.63) is 82.6 Å². The van der Waals surface area contributed by atoms with E-state index in [0.29, 0.717) is 80.8 Å². The molecule has 5 aliphatic rings. The molecule has 3 fully saturated rings. The predicted octanol–water partition coefficient (Wildman–Crippen LogP) is 6.34. The quantitative estimate of drug-likeness (QED) is 0.283. The molecule has 3 saturated heterocycles. The fourth-order valence-electron chi connectivity index (χ4n) is 9.24. The summed E-state index contributed by atoms with van der Waals surface area (Å²) in [6, 6.07) is 11.5.